The minimum Gasteiger partial charge on any atom is -0.502 e. The smallest absolute Gasteiger partial charge is 0.314 e. The lowest BCUT2D eigenvalue weighted by atomic mass is 9.99. The topological polar surface area (TPSA) is 89.4 Å². The van der Waals surface area contributed by atoms with Gasteiger partial charge in [0.05, 0.1) is 4.92 Å². The minimum atomic E-state index is -0.538. The molecule has 0 aliphatic carbocycles. The van der Waals surface area contributed by atoms with E-state index < -0.39 is 4.92 Å². The Kier molecular flexibility index (Phi) is 3.84. The molecule has 5 heteroatoms. The van der Waals surface area contributed by atoms with Crippen molar-refractivity contribution in [1.82, 2.24) is 0 Å². The molecule has 0 saturated carbocycles. The van der Waals surface area contributed by atoms with E-state index in [0.29, 0.717) is 30.5 Å². The molecule has 0 atom stereocenters. The molecule has 0 amide bonds. The van der Waals surface area contributed by atoms with Crippen molar-refractivity contribution in [3.8, 4) is 5.75 Å². The molecule has 0 bridgehead atoms. The first-order valence-electron chi connectivity index (χ1n) is 5.15. The van der Waals surface area contributed by atoms with Crippen molar-refractivity contribution in [2.24, 2.45) is 5.73 Å². The van der Waals surface area contributed by atoms with Crippen LogP contribution in [0.5, 0.6) is 5.75 Å². The van der Waals surface area contributed by atoms with E-state index in [4.69, 9.17) is 5.73 Å². The van der Waals surface area contributed by atoms with Crippen LogP contribution in [0.4, 0.5) is 5.69 Å². The number of benzene rings is 1. The van der Waals surface area contributed by atoms with Gasteiger partial charge in [-0.05, 0) is 38.8 Å². The third kappa shape index (κ3) is 2.30. The van der Waals surface area contributed by atoms with Gasteiger partial charge < -0.3 is 10.8 Å². The Labute approximate surface area is 94.0 Å². The largest absolute Gasteiger partial charge is 0.502 e. The predicted octanol–water partition coefficient (Wildman–Crippen LogP) is 1.81. The highest BCUT2D eigenvalue weighted by Gasteiger charge is 2.22. The molecule has 1 aromatic carbocycles. The van der Waals surface area contributed by atoms with Crippen LogP contribution in [0.25, 0.3) is 0 Å². The maximum Gasteiger partial charge on any atom is 0.314 e. The van der Waals surface area contributed by atoms with Crippen LogP contribution in [0.1, 0.15) is 23.1 Å². The Bertz CT molecular complexity index is 416. The lowest BCUT2D eigenvalue weighted by molar-refractivity contribution is -0.386. The van der Waals surface area contributed by atoms with Gasteiger partial charge in [0.2, 0.25) is 0 Å². The lowest BCUT2D eigenvalue weighted by Crippen LogP contribution is -2.03. The van der Waals surface area contributed by atoms with Crippen molar-refractivity contribution < 1.29 is 10.0 Å². The fourth-order valence-electron chi connectivity index (χ4n) is 1.66. The fourth-order valence-corrected chi connectivity index (χ4v) is 1.66. The molecule has 0 fully saturated rings. The summed E-state index contributed by atoms with van der Waals surface area (Å²) in [5, 5.41) is 20.7. The van der Waals surface area contributed by atoms with Crippen molar-refractivity contribution in [3.05, 3.63) is 32.9 Å². The molecule has 3 N–H and O–H groups in total. The van der Waals surface area contributed by atoms with Gasteiger partial charge >= 0.3 is 5.69 Å². The fraction of sp³-hybridized carbons (Fsp3) is 0.455. The third-order valence-electron chi connectivity index (χ3n) is 2.70. The summed E-state index contributed by atoms with van der Waals surface area (Å²) in [5.41, 5.74) is 7.12. The first-order valence-corrected chi connectivity index (χ1v) is 5.15. The van der Waals surface area contributed by atoms with Crippen LogP contribution in [0.2, 0.25) is 0 Å². The number of phenolic OH excluding ortho intramolecular Hbond substituents is 1. The van der Waals surface area contributed by atoms with Crippen LogP contribution in [-0.4, -0.2) is 16.6 Å². The SMILES string of the molecule is Cc1cc(CCCN)c(O)c([N+](=O)[O-])c1C. The van der Waals surface area contributed by atoms with E-state index >= 15 is 0 Å². The Balaban J connectivity index is 3.27. The average Bonchev–Trinajstić information content (AvgIpc) is 2.21. The molecule has 88 valence electrons. The molecular weight excluding hydrogens is 208 g/mol. The molecule has 0 aromatic heterocycles. The quantitative estimate of drug-likeness (QED) is 0.602. The van der Waals surface area contributed by atoms with Gasteiger partial charge in [-0.3, -0.25) is 10.1 Å². The number of phenols is 1. The van der Waals surface area contributed by atoms with E-state index in [0.717, 1.165) is 5.56 Å². The standard InChI is InChI=1S/C11H16N2O3/c1-7-6-9(4-3-5-12)11(14)10(8(7)2)13(15)16/h6,14H,3-5,12H2,1-2H3. The first kappa shape index (κ1) is 12.4. The number of aromatic hydroxyl groups is 1. The summed E-state index contributed by atoms with van der Waals surface area (Å²) in [5.74, 6) is -0.221. The molecule has 0 spiro atoms. The number of aryl methyl sites for hydroxylation is 2. The highest BCUT2D eigenvalue weighted by Crippen LogP contribution is 2.35. The van der Waals surface area contributed by atoms with E-state index in [9.17, 15) is 15.2 Å². The molecule has 16 heavy (non-hydrogen) atoms. The van der Waals surface area contributed by atoms with Crippen molar-refractivity contribution in [3.63, 3.8) is 0 Å². The Morgan fingerprint density at radius 1 is 1.50 bits per heavy atom. The number of hydrogen-bond donors (Lipinski definition) is 2. The van der Waals surface area contributed by atoms with E-state index in [2.05, 4.69) is 0 Å². The number of nitro benzene ring substituents is 1. The lowest BCUT2D eigenvalue weighted by Gasteiger charge is -2.09. The number of nitrogens with two attached hydrogens (primary N) is 1. The van der Waals surface area contributed by atoms with Crippen molar-refractivity contribution >= 4 is 5.69 Å². The zero-order valence-electron chi connectivity index (χ0n) is 9.49. The van der Waals surface area contributed by atoms with Gasteiger partial charge in [-0.15, -0.1) is 0 Å². The van der Waals surface area contributed by atoms with Gasteiger partial charge in [0.25, 0.3) is 0 Å². The van der Waals surface area contributed by atoms with Gasteiger partial charge in [0.15, 0.2) is 5.75 Å². The summed E-state index contributed by atoms with van der Waals surface area (Å²) in [6.45, 7) is 3.94. The highest BCUT2D eigenvalue weighted by atomic mass is 16.6. The van der Waals surface area contributed by atoms with Crippen LogP contribution in [0.15, 0.2) is 6.07 Å². The minimum absolute atomic E-state index is 0.188. The molecule has 0 heterocycles. The van der Waals surface area contributed by atoms with Gasteiger partial charge in [-0.1, -0.05) is 6.07 Å². The maximum atomic E-state index is 10.8. The summed E-state index contributed by atoms with van der Waals surface area (Å²) < 4.78 is 0. The van der Waals surface area contributed by atoms with Crippen LogP contribution >= 0.6 is 0 Å². The molecule has 1 aromatic rings. The van der Waals surface area contributed by atoms with Crippen molar-refractivity contribution in [1.29, 1.82) is 0 Å². The molecule has 1 rings (SSSR count). The zero-order chi connectivity index (χ0) is 12.3. The van der Waals surface area contributed by atoms with Gasteiger partial charge in [-0.2, -0.15) is 0 Å². The number of nitrogens with zero attached hydrogens (tertiary/aromatic N) is 1. The van der Waals surface area contributed by atoms with Crippen LogP contribution in [-0.2, 0) is 6.42 Å². The van der Waals surface area contributed by atoms with Crippen LogP contribution in [0.3, 0.4) is 0 Å². The zero-order valence-corrected chi connectivity index (χ0v) is 9.49. The average molecular weight is 224 g/mol. The molecule has 5 nitrogen and oxygen atoms in total. The molecule has 0 aliphatic rings. The number of hydrogen-bond acceptors (Lipinski definition) is 4. The van der Waals surface area contributed by atoms with E-state index in [1.165, 1.54) is 0 Å². The van der Waals surface area contributed by atoms with Crippen LogP contribution < -0.4 is 5.73 Å². The van der Waals surface area contributed by atoms with Crippen LogP contribution in [0, 0.1) is 24.0 Å². The number of nitro groups is 1. The second-order valence-corrected chi connectivity index (χ2v) is 3.82. The first-order chi connectivity index (χ1) is 7.49. The van der Waals surface area contributed by atoms with Crippen molar-refractivity contribution in [2.45, 2.75) is 26.7 Å². The van der Waals surface area contributed by atoms with Crippen molar-refractivity contribution in [2.75, 3.05) is 6.54 Å². The molecule has 0 radical (unpaired) electrons. The summed E-state index contributed by atoms with van der Waals surface area (Å²) in [7, 11) is 0. The Morgan fingerprint density at radius 2 is 2.12 bits per heavy atom. The second-order valence-electron chi connectivity index (χ2n) is 3.82. The van der Waals surface area contributed by atoms with Gasteiger partial charge in [0.1, 0.15) is 0 Å². The summed E-state index contributed by atoms with van der Waals surface area (Å²) >= 11 is 0. The van der Waals surface area contributed by atoms with Gasteiger partial charge in [-0.25, -0.2) is 0 Å². The van der Waals surface area contributed by atoms with E-state index in [1.54, 1.807) is 19.9 Å². The normalized spacial score (nSPS) is 10.4. The molecule has 0 aliphatic heterocycles. The highest BCUT2D eigenvalue weighted by molar-refractivity contribution is 5.58. The summed E-state index contributed by atoms with van der Waals surface area (Å²) in [6.07, 6.45) is 1.26. The Morgan fingerprint density at radius 3 is 2.62 bits per heavy atom. The summed E-state index contributed by atoms with van der Waals surface area (Å²) in [4.78, 5) is 10.3. The molecule has 0 saturated heterocycles. The second kappa shape index (κ2) is 4.94. The molecular formula is C11H16N2O3. The van der Waals surface area contributed by atoms with E-state index in [-0.39, 0.29) is 11.4 Å². The maximum absolute atomic E-state index is 10.8. The third-order valence-corrected chi connectivity index (χ3v) is 2.70. The summed E-state index contributed by atoms with van der Waals surface area (Å²) in [6, 6.07) is 1.79. The molecule has 0 unspecified atom stereocenters. The monoisotopic (exact) mass is 224 g/mol. The number of rotatable bonds is 4. The van der Waals surface area contributed by atoms with Gasteiger partial charge in [0, 0.05) is 11.1 Å². The predicted molar refractivity (Wildman–Crippen MR) is 61.6 cm³/mol. The van der Waals surface area contributed by atoms with E-state index in [1.807, 2.05) is 0 Å². The Hall–Kier alpha value is -1.62.